The molecule has 0 unspecified atom stereocenters. The molecule has 2 rings (SSSR count). The predicted molar refractivity (Wildman–Crippen MR) is 68.1 cm³/mol. The van der Waals surface area contributed by atoms with Crippen LogP contribution in [0.25, 0.3) is 0 Å². The maximum absolute atomic E-state index is 11.9. The summed E-state index contributed by atoms with van der Waals surface area (Å²) >= 11 is 6.11. The lowest BCUT2D eigenvalue weighted by molar-refractivity contribution is -0.156. The van der Waals surface area contributed by atoms with Crippen molar-refractivity contribution in [2.24, 2.45) is 5.92 Å². The van der Waals surface area contributed by atoms with Crippen molar-refractivity contribution in [2.75, 3.05) is 0 Å². The number of hydrogen-bond donors (Lipinski definition) is 0. The van der Waals surface area contributed by atoms with Crippen molar-refractivity contribution >= 4 is 17.6 Å². The molecule has 0 aliphatic heterocycles. The largest absolute Gasteiger partial charge is 0.460 e. The van der Waals surface area contributed by atoms with E-state index in [4.69, 9.17) is 16.3 Å². The molecule has 0 bridgehead atoms. The minimum atomic E-state index is -0.412. The van der Waals surface area contributed by atoms with Crippen LogP contribution in [-0.2, 0) is 9.53 Å². The minimum absolute atomic E-state index is 0.0193. The summed E-state index contributed by atoms with van der Waals surface area (Å²) in [6.45, 7) is 5.66. The first-order valence-corrected chi connectivity index (χ1v) is 6.23. The van der Waals surface area contributed by atoms with Gasteiger partial charge in [0.1, 0.15) is 5.60 Å². The molecule has 1 aromatic carbocycles. The van der Waals surface area contributed by atoms with Gasteiger partial charge in [0.15, 0.2) is 0 Å². The van der Waals surface area contributed by atoms with Gasteiger partial charge in [0.25, 0.3) is 0 Å². The zero-order chi connectivity index (χ0) is 12.6. The number of hydrogen-bond acceptors (Lipinski definition) is 2. The number of esters is 1. The molecule has 2 nitrogen and oxygen atoms in total. The van der Waals surface area contributed by atoms with Crippen LogP contribution in [0.15, 0.2) is 24.3 Å². The fraction of sp³-hybridized carbons (Fsp3) is 0.500. The van der Waals surface area contributed by atoms with Gasteiger partial charge in [0.05, 0.1) is 5.92 Å². The fourth-order valence-corrected chi connectivity index (χ4v) is 2.23. The molecule has 1 fully saturated rings. The van der Waals surface area contributed by atoms with Gasteiger partial charge in [0, 0.05) is 5.02 Å². The predicted octanol–water partition coefficient (Wildman–Crippen LogP) is 3.79. The Hall–Kier alpha value is -1.02. The fourth-order valence-electron chi connectivity index (χ4n) is 1.95. The minimum Gasteiger partial charge on any atom is -0.460 e. The highest BCUT2D eigenvalue weighted by Crippen LogP contribution is 2.50. The number of rotatable bonds is 2. The molecule has 1 aromatic rings. The second kappa shape index (κ2) is 4.34. The lowest BCUT2D eigenvalue weighted by Gasteiger charge is -2.19. The standard InChI is InChI=1S/C14H17ClO2/c1-14(2,3)17-13(16)11-8-10(11)9-6-4-5-7-12(9)15/h4-7,10-11H,8H2,1-3H3/t10-,11+/m0/s1. The molecule has 0 saturated heterocycles. The first kappa shape index (κ1) is 12.4. The van der Waals surface area contributed by atoms with Gasteiger partial charge < -0.3 is 4.74 Å². The maximum Gasteiger partial charge on any atom is 0.310 e. The summed E-state index contributed by atoms with van der Waals surface area (Å²) in [6.07, 6.45) is 0.846. The van der Waals surface area contributed by atoms with Gasteiger partial charge in [-0.05, 0) is 44.7 Å². The van der Waals surface area contributed by atoms with Crippen LogP contribution < -0.4 is 0 Å². The van der Waals surface area contributed by atoms with Crippen LogP contribution in [0.1, 0.15) is 38.7 Å². The maximum atomic E-state index is 11.9. The van der Waals surface area contributed by atoms with Gasteiger partial charge in [-0.3, -0.25) is 4.79 Å². The SMILES string of the molecule is CC(C)(C)OC(=O)[C@@H]1C[C@H]1c1ccccc1Cl. The highest BCUT2D eigenvalue weighted by Gasteiger charge is 2.46. The van der Waals surface area contributed by atoms with Crippen molar-refractivity contribution in [1.82, 2.24) is 0 Å². The van der Waals surface area contributed by atoms with Crippen LogP contribution in [0.4, 0.5) is 0 Å². The molecule has 0 spiro atoms. The van der Waals surface area contributed by atoms with Gasteiger partial charge in [0.2, 0.25) is 0 Å². The molecule has 92 valence electrons. The van der Waals surface area contributed by atoms with E-state index in [0.29, 0.717) is 0 Å². The third-order valence-corrected chi connectivity index (χ3v) is 3.15. The van der Waals surface area contributed by atoms with Crippen molar-refractivity contribution in [3.8, 4) is 0 Å². The lowest BCUT2D eigenvalue weighted by Crippen LogP contribution is -2.25. The normalized spacial score (nSPS) is 23.3. The Morgan fingerprint density at radius 2 is 2.00 bits per heavy atom. The molecule has 2 atom stereocenters. The molecular weight excluding hydrogens is 236 g/mol. The summed E-state index contributed by atoms with van der Waals surface area (Å²) in [5.41, 5.74) is 0.648. The third-order valence-electron chi connectivity index (χ3n) is 2.80. The summed E-state index contributed by atoms with van der Waals surface area (Å²) in [4.78, 5) is 11.9. The van der Waals surface area contributed by atoms with E-state index in [1.807, 2.05) is 45.0 Å². The van der Waals surface area contributed by atoms with Crippen molar-refractivity contribution in [2.45, 2.75) is 38.7 Å². The first-order chi connectivity index (χ1) is 7.88. The van der Waals surface area contributed by atoms with Gasteiger partial charge in [-0.2, -0.15) is 0 Å². The number of carbonyl (C=O) groups excluding carboxylic acids is 1. The lowest BCUT2D eigenvalue weighted by atomic mass is 10.1. The Labute approximate surface area is 107 Å². The zero-order valence-electron chi connectivity index (χ0n) is 10.4. The van der Waals surface area contributed by atoms with E-state index >= 15 is 0 Å². The van der Waals surface area contributed by atoms with Crippen LogP contribution in [0, 0.1) is 5.92 Å². The van der Waals surface area contributed by atoms with Gasteiger partial charge in [-0.1, -0.05) is 29.8 Å². The van der Waals surface area contributed by atoms with Crippen LogP contribution in [0.3, 0.4) is 0 Å². The van der Waals surface area contributed by atoms with Crippen molar-refractivity contribution in [3.63, 3.8) is 0 Å². The Morgan fingerprint density at radius 1 is 1.35 bits per heavy atom. The van der Waals surface area contributed by atoms with E-state index in [9.17, 15) is 4.79 Å². The smallest absolute Gasteiger partial charge is 0.310 e. The molecule has 1 aliphatic carbocycles. The Bertz CT molecular complexity index is 434. The van der Waals surface area contributed by atoms with Crippen molar-refractivity contribution in [3.05, 3.63) is 34.9 Å². The molecule has 17 heavy (non-hydrogen) atoms. The summed E-state index contributed by atoms with van der Waals surface area (Å²) in [7, 11) is 0. The summed E-state index contributed by atoms with van der Waals surface area (Å²) < 4.78 is 5.37. The van der Waals surface area contributed by atoms with Crippen molar-refractivity contribution in [1.29, 1.82) is 0 Å². The molecule has 0 amide bonds. The second-order valence-corrected chi connectivity index (χ2v) is 5.91. The highest BCUT2D eigenvalue weighted by molar-refractivity contribution is 6.31. The van der Waals surface area contributed by atoms with E-state index in [2.05, 4.69) is 0 Å². The van der Waals surface area contributed by atoms with Gasteiger partial charge >= 0.3 is 5.97 Å². The topological polar surface area (TPSA) is 26.3 Å². The highest BCUT2D eigenvalue weighted by atomic mass is 35.5. The van der Waals surface area contributed by atoms with Crippen molar-refractivity contribution < 1.29 is 9.53 Å². The number of ether oxygens (including phenoxy) is 1. The molecule has 3 heteroatoms. The van der Waals surface area contributed by atoms with E-state index in [-0.39, 0.29) is 17.8 Å². The van der Waals surface area contributed by atoms with Gasteiger partial charge in [-0.15, -0.1) is 0 Å². The van der Waals surface area contributed by atoms with Gasteiger partial charge in [-0.25, -0.2) is 0 Å². The quantitative estimate of drug-likeness (QED) is 0.749. The number of benzene rings is 1. The molecule has 0 aromatic heterocycles. The summed E-state index contributed by atoms with van der Waals surface area (Å²) in [5, 5.41) is 0.739. The summed E-state index contributed by atoms with van der Waals surface area (Å²) in [6, 6.07) is 7.70. The van der Waals surface area contributed by atoms with E-state index in [1.165, 1.54) is 0 Å². The second-order valence-electron chi connectivity index (χ2n) is 5.50. The van der Waals surface area contributed by atoms with Crippen LogP contribution in [0.5, 0.6) is 0 Å². The van der Waals surface area contributed by atoms with E-state index in [0.717, 1.165) is 17.0 Å². The Kier molecular flexibility index (Phi) is 3.17. The van der Waals surface area contributed by atoms with Crippen LogP contribution in [0.2, 0.25) is 5.02 Å². The average Bonchev–Trinajstić information content (AvgIpc) is 2.95. The number of carbonyl (C=O) groups is 1. The zero-order valence-corrected chi connectivity index (χ0v) is 11.1. The number of halogens is 1. The monoisotopic (exact) mass is 252 g/mol. The first-order valence-electron chi connectivity index (χ1n) is 5.86. The molecule has 0 radical (unpaired) electrons. The molecule has 0 N–H and O–H groups in total. The third kappa shape index (κ3) is 3.01. The van der Waals surface area contributed by atoms with E-state index in [1.54, 1.807) is 0 Å². The molecule has 1 aliphatic rings. The Morgan fingerprint density at radius 3 is 2.59 bits per heavy atom. The Balaban J connectivity index is 2.02. The average molecular weight is 253 g/mol. The van der Waals surface area contributed by atoms with E-state index < -0.39 is 5.60 Å². The molecule has 0 heterocycles. The van der Waals surface area contributed by atoms with Crippen LogP contribution in [-0.4, -0.2) is 11.6 Å². The molecule has 1 saturated carbocycles. The van der Waals surface area contributed by atoms with Crippen LogP contribution >= 0.6 is 11.6 Å². The summed E-state index contributed by atoms with van der Waals surface area (Å²) in [5.74, 6) is 0.107. The molecular formula is C14H17ClO2.